The van der Waals surface area contributed by atoms with E-state index in [4.69, 9.17) is 23.2 Å². The summed E-state index contributed by atoms with van der Waals surface area (Å²) in [6.07, 6.45) is 10.2. The van der Waals surface area contributed by atoms with E-state index in [9.17, 15) is 9.59 Å². The van der Waals surface area contributed by atoms with Crippen LogP contribution in [0.25, 0.3) is 0 Å². The van der Waals surface area contributed by atoms with Crippen molar-refractivity contribution in [2.75, 3.05) is 25.0 Å². The minimum Gasteiger partial charge on any atom is -0.338 e. The molecule has 8 heteroatoms. The van der Waals surface area contributed by atoms with Crippen LogP contribution in [0.2, 0.25) is 10.0 Å². The molecule has 32 heavy (non-hydrogen) atoms. The number of piperidine rings is 1. The van der Waals surface area contributed by atoms with Gasteiger partial charge in [-0.1, -0.05) is 70.2 Å². The molecule has 0 unspecified atom stereocenters. The Kier molecular flexibility index (Phi) is 12.8. The second-order valence-corrected chi connectivity index (χ2v) is 9.22. The van der Waals surface area contributed by atoms with Crippen LogP contribution in [0.5, 0.6) is 0 Å². The molecule has 1 aliphatic carbocycles. The number of nitrogens with zero attached hydrogens (tertiary/aromatic N) is 1. The van der Waals surface area contributed by atoms with Gasteiger partial charge in [0.2, 0.25) is 0 Å². The standard InChI is InChI=1S/C22H32Cl2N4O2.2CH4/c23-17-8-9-20(19(24)14-17)27-22(30)28-12-10-16(11-13-28)15-25-21(29)26-18-6-4-2-1-3-5-7-18;;/h8-9,14,16,18H,1-7,10-13,15H2,(H,27,30)(H2,25,26,29);2*1H4. The maximum Gasteiger partial charge on any atom is 0.321 e. The Balaban J connectivity index is 0.00000256. The minimum atomic E-state index is -0.160. The first-order chi connectivity index (χ1) is 14.5. The first kappa shape index (κ1) is 28.4. The van der Waals surface area contributed by atoms with Crippen molar-refractivity contribution in [2.45, 2.75) is 78.7 Å². The molecule has 3 rings (SSSR count). The first-order valence-electron chi connectivity index (χ1n) is 11.1. The van der Waals surface area contributed by atoms with E-state index >= 15 is 0 Å². The highest BCUT2D eigenvalue weighted by molar-refractivity contribution is 6.36. The summed E-state index contributed by atoms with van der Waals surface area (Å²) < 4.78 is 0. The molecule has 2 aliphatic rings. The van der Waals surface area contributed by atoms with E-state index in [0.29, 0.717) is 47.3 Å². The van der Waals surface area contributed by atoms with Crippen molar-refractivity contribution < 1.29 is 9.59 Å². The lowest BCUT2D eigenvalue weighted by Crippen LogP contribution is -2.46. The molecule has 1 saturated carbocycles. The third-order valence-electron chi connectivity index (χ3n) is 6.07. The maximum atomic E-state index is 12.5. The molecule has 6 nitrogen and oxygen atoms in total. The van der Waals surface area contributed by atoms with Gasteiger partial charge in [0.05, 0.1) is 10.7 Å². The topological polar surface area (TPSA) is 73.5 Å². The van der Waals surface area contributed by atoms with Gasteiger partial charge in [-0.2, -0.15) is 0 Å². The number of carbonyl (C=O) groups excluding carboxylic acids is 2. The number of benzene rings is 1. The fourth-order valence-electron chi connectivity index (χ4n) is 4.20. The van der Waals surface area contributed by atoms with Gasteiger partial charge >= 0.3 is 12.1 Å². The molecule has 3 N–H and O–H groups in total. The predicted molar refractivity (Wildman–Crippen MR) is 136 cm³/mol. The van der Waals surface area contributed by atoms with Crippen LogP contribution < -0.4 is 16.0 Å². The lowest BCUT2D eigenvalue weighted by Gasteiger charge is -2.32. The van der Waals surface area contributed by atoms with Crippen molar-refractivity contribution in [2.24, 2.45) is 5.92 Å². The SMILES string of the molecule is C.C.O=C(NCC1CCN(C(=O)Nc2ccc(Cl)cc2Cl)CC1)NC1CCCCCCC1. The molecular formula is C24H40Cl2N4O2. The molecule has 0 aromatic heterocycles. The molecule has 0 radical (unpaired) electrons. The van der Waals surface area contributed by atoms with Gasteiger partial charge in [0.25, 0.3) is 0 Å². The van der Waals surface area contributed by atoms with Crippen LogP contribution in [-0.2, 0) is 0 Å². The lowest BCUT2D eigenvalue weighted by atomic mass is 9.96. The monoisotopic (exact) mass is 486 g/mol. The smallest absolute Gasteiger partial charge is 0.321 e. The fourth-order valence-corrected chi connectivity index (χ4v) is 4.65. The molecule has 182 valence electrons. The molecule has 1 aromatic carbocycles. The van der Waals surface area contributed by atoms with Crippen LogP contribution in [0.1, 0.15) is 72.6 Å². The maximum absolute atomic E-state index is 12.5. The number of carbonyl (C=O) groups is 2. The van der Waals surface area contributed by atoms with Gasteiger partial charge in [0.15, 0.2) is 0 Å². The van der Waals surface area contributed by atoms with Crippen LogP contribution >= 0.6 is 23.2 Å². The highest BCUT2D eigenvalue weighted by Gasteiger charge is 2.24. The van der Waals surface area contributed by atoms with Gasteiger partial charge in [0, 0.05) is 30.7 Å². The van der Waals surface area contributed by atoms with E-state index in [0.717, 1.165) is 25.7 Å². The predicted octanol–water partition coefficient (Wildman–Crippen LogP) is 6.92. The second kappa shape index (κ2) is 14.5. The zero-order chi connectivity index (χ0) is 21.3. The number of likely N-dealkylation sites (tertiary alicyclic amines) is 1. The molecule has 1 saturated heterocycles. The van der Waals surface area contributed by atoms with Gasteiger partial charge < -0.3 is 20.9 Å². The summed E-state index contributed by atoms with van der Waals surface area (Å²) in [5, 5.41) is 9.97. The Morgan fingerprint density at radius 1 is 0.938 bits per heavy atom. The largest absolute Gasteiger partial charge is 0.338 e. The van der Waals surface area contributed by atoms with Crippen molar-refractivity contribution in [3.63, 3.8) is 0 Å². The number of halogens is 2. The highest BCUT2D eigenvalue weighted by Crippen LogP contribution is 2.26. The van der Waals surface area contributed by atoms with E-state index in [1.54, 1.807) is 23.1 Å². The molecule has 0 bridgehead atoms. The van der Waals surface area contributed by atoms with Gasteiger partial charge in [-0.15, -0.1) is 0 Å². The van der Waals surface area contributed by atoms with E-state index in [1.165, 1.54) is 32.1 Å². The van der Waals surface area contributed by atoms with Crippen LogP contribution in [0.15, 0.2) is 18.2 Å². The molecular weight excluding hydrogens is 447 g/mol. The van der Waals surface area contributed by atoms with Crippen LogP contribution in [0.3, 0.4) is 0 Å². The first-order valence-corrected chi connectivity index (χ1v) is 11.8. The third kappa shape index (κ3) is 9.07. The summed E-state index contributed by atoms with van der Waals surface area (Å²) in [5.74, 6) is 0.385. The van der Waals surface area contributed by atoms with E-state index in [-0.39, 0.29) is 26.9 Å². The Labute approximate surface area is 203 Å². The molecule has 2 fully saturated rings. The van der Waals surface area contributed by atoms with Crippen molar-refractivity contribution in [1.29, 1.82) is 0 Å². The summed E-state index contributed by atoms with van der Waals surface area (Å²) >= 11 is 12.0. The van der Waals surface area contributed by atoms with Crippen molar-refractivity contribution in [3.8, 4) is 0 Å². The average Bonchev–Trinajstić information content (AvgIpc) is 2.71. The number of nitrogens with one attached hydrogen (secondary N) is 3. The summed E-state index contributed by atoms with van der Waals surface area (Å²) in [5.41, 5.74) is 0.556. The van der Waals surface area contributed by atoms with Crippen LogP contribution in [0, 0.1) is 5.92 Å². The molecule has 1 aromatic rings. The molecule has 1 aliphatic heterocycles. The Morgan fingerprint density at radius 2 is 1.56 bits per heavy atom. The van der Waals surface area contributed by atoms with Crippen LogP contribution in [0.4, 0.5) is 15.3 Å². The lowest BCUT2D eigenvalue weighted by molar-refractivity contribution is 0.180. The molecule has 0 atom stereocenters. The minimum absolute atomic E-state index is 0. The zero-order valence-electron chi connectivity index (χ0n) is 17.4. The number of hydrogen-bond donors (Lipinski definition) is 3. The van der Waals surface area contributed by atoms with Crippen molar-refractivity contribution >= 4 is 41.0 Å². The van der Waals surface area contributed by atoms with E-state index < -0.39 is 0 Å². The summed E-state index contributed by atoms with van der Waals surface area (Å²) in [4.78, 5) is 26.5. The number of urea groups is 2. The molecule has 1 heterocycles. The van der Waals surface area contributed by atoms with Gasteiger partial charge in [-0.05, 0) is 49.8 Å². The van der Waals surface area contributed by atoms with Crippen molar-refractivity contribution in [1.82, 2.24) is 15.5 Å². The number of hydrogen-bond acceptors (Lipinski definition) is 2. The third-order valence-corrected chi connectivity index (χ3v) is 6.61. The summed E-state index contributed by atoms with van der Waals surface area (Å²) in [6, 6.07) is 5.09. The number of anilines is 1. The quantitative estimate of drug-likeness (QED) is 0.431. The Morgan fingerprint density at radius 3 is 2.19 bits per heavy atom. The summed E-state index contributed by atoms with van der Waals surface area (Å²) in [7, 11) is 0. The van der Waals surface area contributed by atoms with Gasteiger partial charge in [-0.25, -0.2) is 9.59 Å². The van der Waals surface area contributed by atoms with E-state index in [2.05, 4.69) is 16.0 Å². The van der Waals surface area contributed by atoms with Gasteiger partial charge in [-0.3, -0.25) is 0 Å². The van der Waals surface area contributed by atoms with Crippen molar-refractivity contribution in [3.05, 3.63) is 28.2 Å². The average molecular weight is 488 g/mol. The zero-order valence-corrected chi connectivity index (χ0v) is 18.9. The normalized spacial score (nSPS) is 17.8. The Hall–Kier alpha value is -1.66. The second-order valence-electron chi connectivity index (χ2n) is 8.38. The summed E-state index contributed by atoms with van der Waals surface area (Å²) in [6.45, 7) is 1.97. The number of amides is 4. The molecule has 4 amide bonds. The molecule has 0 spiro atoms. The Bertz CT molecular complexity index is 716. The van der Waals surface area contributed by atoms with Crippen LogP contribution in [-0.4, -0.2) is 42.6 Å². The number of rotatable bonds is 4. The van der Waals surface area contributed by atoms with E-state index in [1.807, 2.05) is 0 Å². The highest BCUT2D eigenvalue weighted by atomic mass is 35.5. The fraction of sp³-hybridized carbons (Fsp3) is 0.667. The van der Waals surface area contributed by atoms with Gasteiger partial charge in [0.1, 0.15) is 0 Å².